The maximum absolute atomic E-state index is 13.3. The van der Waals surface area contributed by atoms with E-state index in [1.807, 2.05) is 10.9 Å². The van der Waals surface area contributed by atoms with E-state index in [0.29, 0.717) is 18.2 Å². The highest BCUT2D eigenvalue weighted by Crippen LogP contribution is 2.12. The lowest BCUT2D eigenvalue weighted by atomic mass is 10.2. The van der Waals surface area contributed by atoms with Crippen LogP contribution in [0.3, 0.4) is 0 Å². The standard InChI is InChI=1S/C13H17FN4/c1-10(2)8-18-9-11(6-17-18)5-16-13-3-4-15-7-12(13)14/h3-4,6-7,9-10H,5,8H2,1-2H3,(H,15,16). The molecule has 2 heterocycles. The number of anilines is 1. The number of rotatable bonds is 5. The second-order valence-electron chi connectivity index (χ2n) is 4.67. The molecule has 0 saturated carbocycles. The Morgan fingerprint density at radius 1 is 1.39 bits per heavy atom. The number of nitrogens with zero attached hydrogens (tertiary/aromatic N) is 3. The Kier molecular flexibility index (Phi) is 3.92. The second kappa shape index (κ2) is 5.62. The molecule has 2 rings (SSSR count). The summed E-state index contributed by atoms with van der Waals surface area (Å²) in [6, 6.07) is 1.62. The van der Waals surface area contributed by atoms with Crippen molar-refractivity contribution in [3.63, 3.8) is 0 Å². The molecule has 0 radical (unpaired) electrons. The van der Waals surface area contributed by atoms with Crippen molar-refractivity contribution < 1.29 is 4.39 Å². The molecule has 0 saturated heterocycles. The molecule has 5 heteroatoms. The van der Waals surface area contributed by atoms with Crippen LogP contribution in [0.5, 0.6) is 0 Å². The molecule has 0 aliphatic rings. The molecule has 0 bridgehead atoms. The average molecular weight is 248 g/mol. The minimum Gasteiger partial charge on any atom is -0.378 e. The molecular weight excluding hydrogens is 231 g/mol. The second-order valence-corrected chi connectivity index (χ2v) is 4.67. The van der Waals surface area contributed by atoms with Gasteiger partial charge in [-0.3, -0.25) is 9.67 Å². The Labute approximate surface area is 106 Å². The molecule has 0 aliphatic heterocycles. The maximum atomic E-state index is 13.3. The van der Waals surface area contributed by atoms with Crippen LogP contribution in [0, 0.1) is 11.7 Å². The molecule has 96 valence electrons. The van der Waals surface area contributed by atoms with Gasteiger partial charge < -0.3 is 5.32 Å². The fraction of sp³-hybridized carbons (Fsp3) is 0.385. The number of pyridine rings is 1. The predicted octanol–water partition coefficient (Wildman–Crippen LogP) is 2.69. The van der Waals surface area contributed by atoms with E-state index in [1.165, 1.54) is 6.20 Å². The van der Waals surface area contributed by atoms with Crippen molar-refractivity contribution in [2.75, 3.05) is 5.32 Å². The molecular formula is C13H17FN4. The van der Waals surface area contributed by atoms with Crippen molar-refractivity contribution in [2.45, 2.75) is 26.9 Å². The number of aromatic nitrogens is 3. The average Bonchev–Trinajstić information content (AvgIpc) is 2.75. The largest absolute Gasteiger partial charge is 0.378 e. The van der Waals surface area contributed by atoms with Crippen LogP contribution in [0.25, 0.3) is 0 Å². The Bertz CT molecular complexity index is 507. The van der Waals surface area contributed by atoms with E-state index in [9.17, 15) is 4.39 Å². The predicted molar refractivity (Wildman–Crippen MR) is 68.6 cm³/mol. The fourth-order valence-electron chi connectivity index (χ4n) is 1.69. The van der Waals surface area contributed by atoms with Gasteiger partial charge in [0.15, 0.2) is 5.82 Å². The zero-order chi connectivity index (χ0) is 13.0. The third-order valence-corrected chi connectivity index (χ3v) is 2.49. The first-order valence-corrected chi connectivity index (χ1v) is 6.00. The van der Waals surface area contributed by atoms with Crippen LogP contribution < -0.4 is 5.32 Å². The first-order valence-electron chi connectivity index (χ1n) is 6.00. The van der Waals surface area contributed by atoms with Gasteiger partial charge in [0.25, 0.3) is 0 Å². The zero-order valence-electron chi connectivity index (χ0n) is 10.6. The molecule has 18 heavy (non-hydrogen) atoms. The van der Waals surface area contributed by atoms with E-state index < -0.39 is 0 Å². The monoisotopic (exact) mass is 248 g/mol. The van der Waals surface area contributed by atoms with Crippen LogP contribution in [-0.2, 0) is 13.1 Å². The highest BCUT2D eigenvalue weighted by molar-refractivity contribution is 5.42. The van der Waals surface area contributed by atoms with E-state index in [4.69, 9.17) is 0 Å². The Hall–Kier alpha value is -1.91. The van der Waals surface area contributed by atoms with Crippen molar-refractivity contribution in [1.82, 2.24) is 14.8 Å². The Morgan fingerprint density at radius 3 is 2.94 bits per heavy atom. The molecule has 0 atom stereocenters. The normalized spacial score (nSPS) is 10.9. The molecule has 0 spiro atoms. The van der Waals surface area contributed by atoms with Gasteiger partial charge in [0, 0.05) is 31.0 Å². The summed E-state index contributed by atoms with van der Waals surface area (Å²) >= 11 is 0. The molecule has 4 nitrogen and oxygen atoms in total. The molecule has 0 unspecified atom stereocenters. The molecule has 0 amide bonds. The lowest BCUT2D eigenvalue weighted by molar-refractivity contribution is 0.483. The summed E-state index contributed by atoms with van der Waals surface area (Å²) in [5, 5.41) is 7.29. The molecule has 2 aromatic heterocycles. The summed E-state index contributed by atoms with van der Waals surface area (Å²) in [5.74, 6) is 0.218. The molecule has 2 aromatic rings. The Morgan fingerprint density at radius 2 is 2.22 bits per heavy atom. The third kappa shape index (κ3) is 3.29. The van der Waals surface area contributed by atoms with Gasteiger partial charge in [-0.2, -0.15) is 5.10 Å². The van der Waals surface area contributed by atoms with E-state index >= 15 is 0 Å². The van der Waals surface area contributed by atoms with Crippen molar-refractivity contribution in [2.24, 2.45) is 5.92 Å². The first-order chi connectivity index (χ1) is 8.65. The summed E-state index contributed by atoms with van der Waals surface area (Å²) < 4.78 is 15.2. The minimum absolute atomic E-state index is 0.341. The SMILES string of the molecule is CC(C)Cn1cc(CNc2ccncc2F)cn1. The van der Waals surface area contributed by atoms with Crippen LogP contribution in [0.15, 0.2) is 30.9 Å². The number of hydrogen-bond acceptors (Lipinski definition) is 3. The van der Waals surface area contributed by atoms with Crippen LogP contribution in [0.2, 0.25) is 0 Å². The lowest BCUT2D eigenvalue weighted by Gasteiger charge is -2.05. The number of nitrogens with one attached hydrogen (secondary N) is 1. The van der Waals surface area contributed by atoms with Gasteiger partial charge in [-0.25, -0.2) is 4.39 Å². The minimum atomic E-state index is -0.341. The summed E-state index contributed by atoms with van der Waals surface area (Å²) in [6.45, 7) is 5.74. The van der Waals surface area contributed by atoms with Gasteiger partial charge in [0.1, 0.15) is 0 Å². The van der Waals surface area contributed by atoms with Crippen LogP contribution in [-0.4, -0.2) is 14.8 Å². The van der Waals surface area contributed by atoms with Gasteiger partial charge in [0.05, 0.1) is 18.1 Å². The van der Waals surface area contributed by atoms with Gasteiger partial charge in [-0.05, 0) is 12.0 Å². The zero-order valence-corrected chi connectivity index (χ0v) is 10.6. The quantitative estimate of drug-likeness (QED) is 0.884. The van der Waals surface area contributed by atoms with Crippen LogP contribution >= 0.6 is 0 Å². The summed E-state index contributed by atoms with van der Waals surface area (Å²) in [6.07, 6.45) is 6.54. The van der Waals surface area contributed by atoms with Crippen LogP contribution in [0.1, 0.15) is 19.4 Å². The van der Waals surface area contributed by atoms with E-state index in [2.05, 4.69) is 29.2 Å². The van der Waals surface area contributed by atoms with Crippen molar-refractivity contribution in [1.29, 1.82) is 0 Å². The van der Waals surface area contributed by atoms with Gasteiger partial charge in [-0.1, -0.05) is 13.8 Å². The van der Waals surface area contributed by atoms with Crippen molar-refractivity contribution >= 4 is 5.69 Å². The fourth-order valence-corrected chi connectivity index (χ4v) is 1.69. The van der Waals surface area contributed by atoms with E-state index in [1.54, 1.807) is 18.5 Å². The highest BCUT2D eigenvalue weighted by atomic mass is 19.1. The topological polar surface area (TPSA) is 42.7 Å². The van der Waals surface area contributed by atoms with Crippen molar-refractivity contribution in [3.8, 4) is 0 Å². The van der Waals surface area contributed by atoms with Gasteiger partial charge >= 0.3 is 0 Å². The summed E-state index contributed by atoms with van der Waals surface area (Å²) in [7, 11) is 0. The van der Waals surface area contributed by atoms with E-state index in [0.717, 1.165) is 12.1 Å². The Balaban J connectivity index is 1.94. The summed E-state index contributed by atoms with van der Waals surface area (Å²) in [4.78, 5) is 3.71. The third-order valence-electron chi connectivity index (χ3n) is 2.49. The molecule has 1 N–H and O–H groups in total. The number of hydrogen-bond donors (Lipinski definition) is 1. The summed E-state index contributed by atoms with van der Waals surface area (Å²) in [5.41, 5.74) is 1.49. The molecule has 0 fully saturated rings. The van der Waals surface area contributed by atoms with Gasteiger partial charge in [0.2, 0.25) is 0 Å². The highest BCUT2D eigenvalue weighted by Gasteiger charge is 2.03. The van der Waals surface area contributed by atoms with Crippen LogP contribution in [0.4, 0.5) is 10.1 Å². The van der Waals surface area contributed by atoms with E-state index in [-0.39, 0.29) is 5.82 Å². The smallest absolute Gasteiger partial charge is 0.164 e. The molecule has 0 aliphatic carbocycles. The lowest BCUT2D eigenvalue weighted by Crippen LogP contribution is -2.04. The number of halogens is 1. The van der Waals surface area contributed by atoms with Crippen molar-refractivity contribution in [3.05, 3.63) is 42.2 Å². The van der Waals surface area contributed by atoms with Gasteiger partial charge in [-0.15, -0.1) is 0 Å². The first kappa shape index (κ1) is 12.5. The molecule has 0 aromatic carbocycles. The maximum Gasteiger partial charge on any atom is 0.164 e.